The van der Waals surface area contributed by atoms with Crippen LogP contribution in [0.5, 0.6) is 5.88 Å². The summed E-state index contributed by atoms with van der Waals surface area (Å²) < 4.78 is 5.35. The fourth-order valence-electron chi connectivity index (χ4n) is 3.00. The second-order valence-electron chi connectivity index (χ2n) is 6.61. The fourth-order valence-corrected chi connectivity index (χ4v) is 3.00. The van der Waals surface area contributed by atoms with Crippen LogP contribution in [0.15, 0.2) is 42.6 Å². The average Bonchev–Trinajstić information content (AvgIpc) is 2.67. The molecule has 3 aromatic rings. The van der Waals surface area contributed by atoms with E-state index in [0.717, 1.165) is 22.3 Å². The van der Waals surface area contributed by atoms with Gasteiger partial charge in [-0.25, -0.2) is 9.97 Å². The van der Waals surface area contributed by atoms with Gasteiger partial charge < -0.3 is 10.1 Å². The van der Waals surface area contributed by atoms with Crippen LogP contribution < -0.4 is 10.1 Å². The number of aryl methyl sites for hydroxylation is 2. The van der Waals surface area contributed by atoms with Gasteiger partial charge in [0, 0.05) is 37.2 Å². The number of benzene rings is 1. The van der Waals surface area contributed by atoms with E-state index in [0.29, 0.717) is 30.8 Å². The molecule has 0 radical (unpaired) electrons. The van der Waals surface area contributed by atoms with Gasteiger partial charge >= 0.3 is 0 Å². The summed E-state index contributed by atoms with van der Waals surface area (Å²) in [4.78, 5) is 25.8. The zero-order chi connectivity index (χ0) is 19.2. The lowest BCUT2D eigenvalue weighted by atomic mass is 10.1. The molecule has 1 amide bonds. The number of amides is 1. The summed E-state index contributed by atoms with van der Waals surface area (Å²) in [5.74, 6) is 0.451. The maximum absolute atomic E-state index is 12.3. The second-order valence-corrected chi connectivity index (χ2v) is 6.61. The van der Waals surface area contributed by atoms with Crippen LogP contribution in [-0.2, 0) is 17.6 Å². The number of methoxy groups -OCH3 is 1. The van der Waals surface area contributed by atoms with Crippen molar-refractivity contribution < 1.29 is 9.53 Å². The number of nitrogens with zero attached hydrogens (tertiary/aromatic N) is 3. The number of hydrogen-bond acceptors (Lipinski definition) is 5. The highest BCUT2D eigenvalue weighted by atomic mass is 16.5. The average molecular weight is 364 g/mol. The predicted molar refractivity (Wildman–Crippen MR) is 105 cm³/mol. The third kappa shape index (κ3) is 4.78. The van der Waals surface area contributed by atoms with Gasteiger partial charge in [-0.3, -0.25) is 9.78 Å². The first-order chi connectivity index (χ1) is 13.1. The normalized spacial score (nSPS) is 12.0. The molecule has 2 heterocycles. The number of nitrogens with one attached hydrogen (secondary N) is 1. The van der Waals surface area contributed by atoms with E-state index in [1.165, 1.54) is 0 Å². The number of carbonyl (C=O) groups is 1. The molecular formula is C21H24N4O2. The van der Waals surface area contributed by atoms with Crippen molar-refractivity contribution in [1.82, 2.24) is 20.3 Å². The maximum atomic E-state index is 12.3. The molecule has 0 spiro atoms. The highest BCUT2D eigenvalue weighted by Gasteiger charge is 2.14. The van der Waals surface area contributed by atoms with Gasteiger partial charge in [-0.05, 0) is 37.6 Å². The van der Waals surface area contributed by atoms with Crippen molar-refractivity contribution in [3.05, 3.63) is 59.5 Å². The first-order valence-corrected chi connectivity index (χ1v) is 9.06. The first kappa shape index (κ1) is 18.8. The van der Waals surface area contributed by atoms with Gasteiger partial charge in [0.15, 0.2) is 0 Å². The number of rotatable bonds is 7. The van der Waals surface area contributed by atoms with Crippen molar-refractivity contribution in [2.24, 2.45) is 0 Å². The van der Waals surface area contributed by atoms with Crippen molar-refractivity contribution in [1.29, 1.82) is 0 Å². The van der Waals surface area contributed by atoms with Crippen molar-refractivity contribution in [2.45, 2.75) is 39.2 Å². The summed E-state index contributed by atoms with van der Waals surface area (Å²) in [7, 11) is 1.57. The van der Waals surface area contributed by atoms with Gasteiger partial charge in [-0.2, -0.15) is 0 Å². The SMILES string of the molecule is COc1nc2ccccc2nc1CCC(=O)N[C@H](C)Cc1ncccc1C. The van der Waals surface area contributed by atoms with Crippen LogP contribution >= 0.6 is 0 Å². The Labute approximate surface area is 159 Å². The summed E-state index contributed by atoms with van der Waals surface area (Å²) in [6, 6.07) is 11.6. The van der Waals surface area contributed by atoms with Crippen LogP contribution in [0, 0.1) is 6.92 Å². The summed E-state index contributed by atoms with van der Waals surface area (Å²) in [6.07, 6.45) is 3.29. The molecule has 0 saturated heterocycles. The molecule has 0 fully saturated rings. The minimum absolute atomic E-state index is 0.00989. The highest BCUT2D eigenvalue weighted by Crippen LogP contribution is 2.19. The van der Waals surface area contributed by atoms with Crippen LogP contribution in [0.2, 0.25) is 0 Å². The van der Waals surface area contributed by atoms with E-state index in [-0.39, 0.29) is 11.9 Å². The number of para-hydroxylation sites is 2. The molecular weight excluding hydrogens is 340 g/mol. The monoisotopic (exact) mass is 364 g/mol. The highest BCUT2D eigenvalue weighted by molar-refractivity contribution is 5.77. The Kier molecular flexibility index (Phi) is 5.96. The quantitative estimate of drug-likeness (QED) is 0.697. The molecule has 0 aliphatic rings. The Bertz CT molecular complexity index is 942. The maximum Gasteiger partial charge on any atom is 0.235 e. The molecule has 6 heteroatoms. The van der Waals surface area contributed by atoms with Gasteiger partial charge in [0.25, 0.3) is 0 Å². The van der Waals surface area contributed by atoms with Crippen LogP contribution in [0.3, 0.4) is 0 Å². The standard InChI is InChI=1S/C21H24N4O2/c1-14-7-6-12-22-19(14)13-15(2)23-20(26)11-10-18-21(27-3)25-17-9-5-4-8-16(17)24-18/h4-9,12,15H,10-11,13H2,1-3H3,(H,23,26)/t15-/m1/s1. The van der Waals surface area contributed by atoms with E-state index in [2.05, 4.69) is 20.3 Å². The Morgan fingerprint density at radius 1 is 1.11 bits per heavy atom. The van der Waals surface area contributed by atoms with E-state index in [4.69, 9.17) is 4.74 Å². The molecule has 0 aliphatic heterocycles. The Balaban J connectivity index is 1.60. The van der Waals surface area contributed by atoms with E-state index < -0.39 is 0 Å². The molecule has 0 aliphatic carbocycles. The zero-order valence-corrected chi connectivity index (χ0v) is 15.9. The summed E-state index contributed by atoms with van der Waals surface area (Å²) in [6.45, 7) is 4.02. The van der Waals surface area contributed by atoms with Crippen molar-refractivity contribution >= 4 is 16.9 Å². The molecule has 27 heavy (non-hydrogen) atoms. The Morgan fingerprint density at radius 2 is 1.85 bits per heavy atom. The second kappa shape index (κ2) is 8.58. The van der Waals surface area contributed by atoms with E-state index >= 15 is 0 Å². The number of pyridine rings is 1. The van der Waals surface area contributed by atoms with Crippen molar-refractivity contribution in [3.63, 3.8) is 0 Å². The predicted octanol–water partition coefficient (Wildman–Crippen LogP) is 3.02. The minimum atomic E-state index is -0.0203. The van der Waals surface area contributed by atoms with Gasteiger partial charge in [0.1, 0.15) is 5.69 Å². The number of hydrogen-bond donors (Lipinski definition) is 1. The molecule has 0 saturated carbocycles. The first-order valence-electron chi connectivity index (χ1n) is 9.06. The largest absolute Gasteiger partial charge is 0.480 e. The van der Waals surface area contributed by atoms with Gasteiger partial charge in [0.2, 0.25) is 11.8 Å². The molecule has 1 atom stereocenters. The van der Waals surface area contributed by atoms with E-state index in [1.807, 2.05) is 50.2 Å². The van der Waals surface area contributed by atoms with Crippen LogP contribution in [-0.4, -0.2) is 34.0 Å². The Morgan fingerprint density at radius 3 is 2.56 bits per heavy atom. The van der Waals surface area contributed by atoms with Gasteiger partial charge in [-0.1, -0.05) is 18.2 Å². The van der Waals surface area contributed by atoms with E-state index in [1.54, 1.807) is 13.3 Å². The van der Waals surface area contributed by atoms with Crippen LogP contribution in [0.25, 0.3) is 11.0 Å². The smallest absolute Gasteiger partial charge is 0.235 e. The molecule has 140 valence electrons. The van der Waals surface area contributed by atoms with Gasteiger partial charge in [0.05, 0.1) is 18.1 Å². The number of fused-ring (bicyclic) bond motifs is 1. The molecule has 0 bridgehead atoms. The van der Waals surface area contributed by atoms with Crippen molar-refractivity contribution in [2.75, 3.05) is 7.11 Å². The third-order valence-corrected chi connectivity index (χ3v) is 4.41. The van der Waals surface area contributed by atoms with Gasteiger partial charge in [-0.15, -0.1) is 0 Å². The molecule has 6 nitrogen and oxygen atoms in total. The number of ether oxygens (including phenoxy) is 1. The lowest BCUT2D eigenvalue weighted by Gasteiger charge is -2.15. The fraction of sp³-hybridized carbons (Fsp3) is 0.333. The third-order valence-electron chi connectivity index (χ3n) is 4.41. The summed E-state index contributed by atoms with van der Waals surface area (Å²) in [5.41, 5.74) is 4.41. The van der Waals surface area contributed by atoms with E-state index in [9.17, 15) is 4.79 Å². The summed E-state index contributed by atoms with van der Waals surface area (Å²) in [5, 5.41) is 3.03. The number of aromatic nitrogens is 3. The van der Waals surface area contributed by atoms with Crippen LogP contribution in [0.4, 0.5) is 0 Å². The minimum Gasteiger partial charge on any atom is -0.480 e. The molecule has 1 N–H and O–H groups in total. The topological polar surface area (TPSA) is 77.0 Å². The van der Waals surface area contributed by atoms with Crippen LogP contribution in [0.1, 0.15) is 30.3 Å². The zero-order valence-electron chi connectivity index (χ0n) is 15.9. The lowest BCUT2D eigenvalue weighted by molar-refractivity contribution is -0.121. The molecule has 1 aromatic carbocycles. The summed E-state index contributed by atoms with van der Waals surface area (Å²) >= 11 is 0. The van der Waals surface area contributed by atoms with Crippen molar-refractivity contribution in [3.8, 4) is 5.88 Å². The Hall–Kier alpha value is -3.02. The number of carbonyl (C=O) groups excluding carboxylic acids is 1. The molecule has 2 aromatic heterocycles. The lowest BCUT2D eigenvalue weighted by Crippen LogP contribution is -2.34. The molecule has 0 unspecified atom stereocenters. The molecule has 3 rings (SSSR count).